The first-order chi connectivity index (χ1) is 31.6. The highest BCUT2D eigenvalue weighted by Crippen LogP contribution is 2.56. The molecule has 64 heavy (non-hydrogen) atoms. The summed E-state index contributed by atoms with van der Waals surface area (Å²) in [6.45, 7) is 4.77. The first kappa shape index (κ1) is 38.9. The number of rotatable bonds is 9. The third-order valence-electron chi connectivity index (χ3n) is 13.1. The second-order valence-corrected chi connectivity index (χ2v) is 17.2. The highest BCUT2D eigenvalue weighted by Gasteiger charge is 2.38. The SMILES string of the molecule is CC1(C)c2ccccc2-c2cccc(-c3ccccc3N(c3ccccc3-c3ccc(-c4ccccc4)cc3)c3cccc(-c4ccccc4)c3-c3ccccc3-c3ccccc3)c21. The Bertz CT molecular complexity index is 3270. The predicted octanol–water partition coefficient (Wildman–Crippen LogP) is 17.5. The molecule has 0 unspecified atom stereocenters. The van der Waals surface area contributed by atoms with E-state index in [9.17, 15) is 0 Å². The van der Waals surface area contributed by atoms with E-state index in [1.165, 1.54) is 77.9 Å². The molecule has 0 heterocycles. The van der Waals surface area contributed by atoms with Gasteiger partial charge in [0, 0.05) is 22.1 Å². The van der Waals surface area contributed by atoms with Crippen LogP contribution in [0.15, 0.2) is 249 Å². The maximum atomic E-state index is 2.55. The van der Waals surface area contributed by atoms with E-state index in [0.717, 1.165) is 28.2 Å². The summed E-state index contributed by atoms with van der Waals surface area (Å²) < 4.78 is 0. The van der Waals surface area contributed by atoms with Gasteiger partial charge in [-0.25, -0.2) is 0 Å². The van der Waals surface area contributed by atoms with Crippen molar-refractivity contribution in [1.82, 2.24) is 0 Å². The molecule has 0 saturated heterocycles. The molecule has 304 valence electrons. The van der Waals surface area contributed by atoms with Gasteiger partial charge in [0.05, 0.1) is 17.1 Å². The molecule has 1 aliphatic carbocycles. The average Bonchev–Trinajstić information content (AvgIpc) is 3.61. The molecule has 0 aromatic heterocycles. The van der Waals surface area contributed by atoms with Gasteiger partial charge in [-0.3, -0.25) is 0 Å². The van der Waals surface area contributed by atoms with Crippen molar-refractivity contribution >= 4 is 17.1 Å². The van der Waals surface area contributed by atoms with E-state index in [1.54, 1.807) is 0 Å². The van der Waals surface area contributed by atoms with Crippen LogP contribution in [-0.2, 0) is 5.41 Å². The van der Waals surface area contributed by atoms with E-state index < -0.39 is 0 Å². The quantitative estimate of drug-likeness (QED) is 0.140. The lowest BCUT2D eigenvalue weighted by molar-refractivity contribution is 0.662. The molecule has 1 nitrogen and oxygen atoms in total. The van der Waals surface area contributed by atoms with Crippen LogP contribution in [0.3, 0.4) is 0 Å². The van der Waals surface area contributed by atoms with Crippen LogP contribution in [0.2, 0.25) is 0 Å². The summed E-state index contributed by atoms with van der Waals surface area (Å²) in [4.78, 5) is 2.55. The minimum absolute atomic E-state index is 0.203. The lowest BCUT2D eigenvalue weighted by Crippen LogP contribution is -2.17. The van der Waals surface area contributed by atoms with E-state index in [-0.39, 0.29) is 5.41 Å². The van der Waals surface area contributed by atoms with Crippen LogP contribution in [-0.4, -0.2) is 0 Å². The topological polar surface area (TPSA) is 3.24 Å². The van der Waals surface area contributed by atoms with Gasteiger partial charge in [-0.05, 0) is 90.5 Å². The van der Waals surface area contributed by atoms with Crippen molar-refractivity contribution < 1.29 is 0 Å². The van der Waals surface area contributed by atoms with Gasteiger partial charge in [-0.1, -0.05) is 244 Å². The fraction of sp³-hybridized carbons (Fsp3) is 0.0476. The zero-order chi connectivity index (χ0) is 43.0. The molecule has 0 N–H and O–H groups in total. The molecule has 0 atom stereocenters. The smallest absolute Gasteiger partial charge is 0.0547 e. The maximum absolute atomic E-state index is 2.55. The van der Waals surface area contributed by atoms with E-state index in [1.807, 2.05) is 0 Å². The Kier molecular flexibility index (Phi) is 9.94. The molecule has 0 amide bonds. The van der Waals surface area contributed by atoms with E-state index in [2.05, 4.69) is 267 Å². The van der Waals surface area contributed by atoms with Crippen LogP contribution in [0.1, 0.15) is 25.0 Å². The fourth-order valence-corrected chi connectivity index (χ4v) is 10.2. The Morgan fingerprint density at radius 2 is 0.625 bits per heavy atom. The van der Waals surface area contributed by atoms with Crippen molar-refractivity contribution in [3.05, 3.63) is 260 Å². The van der Waals surface area contributed by atoms with Gasteiger partial charge in [0.25, 0.3) is 0 Å². The summed E-state index contributed by atoms with van der Waals surface area (Å²) in [5, 5.41) is 0. The summed E-state index contributed by atoms with van der Waals surface area (Å²) in [6, 6.07) is 91.0. The lowest BCUT2D eigenvalue weighted by atomic mass is 9.78. The fourth-order valence-electron chi connectivity index (χ4n) is 10.2. The van der Waals surface area contributed by atoms with E-state index in [4.69, 9.17) is 0 Å². The van der Waals surface area contributed by atoms with Crippen LogP contribution < -0.4 is 4.90 Å². The second-order valence-electron chi connectivity index (χ2n) is 17.2. The molecule has 0 bridgehead atoms. The number of nitrogens with zero attached hydrogens (tertiary/aromatic N) is 1. The van der Waals surface area contributed by atoms with Gasteiger partial charge in [0.2, 0.25) is 0 Å². The molecular weight excluding hydrogens is 771 g/mol. The molecule has 1 aliphatic rings. The van der Waals surface area contributed by atoms with Crippen molar-refractivity contribution in [2.45, 2.75) is 19.3 Å². The van der Waals surface area contributed by atoms with Gasteiger partial charge in [0.1, 0.15) is 0 Å². The summed E-state index contributed by atoms with van der Waals surface area (Å²) in [6.07, 6.45) is 0. The van der Waals surface area contributed by atoms with Crippen LogP contribution in [0.25, 0.3) is 77.9 Å². The minimum atomic E-state index is -0.203. The zero-order valence-electron chi connectivity index (χ0n) is 36.1. The van der Waals surface area contributed by atoms with Gasteiger partial charge >= 0.3 is 0 Å². The van der Waals surface area contributed by atoms with Crippen LogP contribution in [0, 0.1) is 0 Å². The highest BCUT2D eigenvalue weighted by molar-refractivity contribution is 6.05. The summed E-state index contributed by atoms with van der Waals surface area (Å²) >= 11 is 0. The number of anilines is 3. The van der Waals surface area contributed by atoms with E-state index >= 15 is 0 Å². The van der Waals surface area contributed by atoms with Gasteiger partial charge in [-0.15, -0.1) is 0 Å². The summed E-state index contributed by atoms with van der Waals surface area (Å²) in [7, 11) is 0. The van der Waals surface area contributed by atoms with Crippen molar-refractivity contribution in [3.63, 3.8) is 0 Å². The molecule has 0 aliphatic heterocycles. The third-order valence-corrected chi connectivity index (χ3v) is 13.1. The van der Waals surface area contributed by atoms with Crippen molar-refractivity contribution in [3.8, 4) is 77.9 Å². The number of fused-ring (bicyclic) bond motifs is 3. The Labute approximate surface area is 377 Å². The molecule has 10 aromatic carbocycles. The Morgan fingerprint density at radius 1 is 0.250 bits per heavy atom. The molecule has 0 radical (unpaired) electrons. The molecule has 11 rings (SSSR count). The Balaban J connectivity index is 1.22. The van der Waals surface area contributed by atoms with Crippen molar-refractivity contribution in [2.24, 2.45) is 0 Å². The van der Waals surface area contributed by atoms with Crippen LogP contribution in [0.4, 0.5) is 17.1 Å². The summed E-state index contributed by atoms with van der Waals surface area (Å²) in [5.74, 6) is 0. The maximum Gasteiger partial charge on any atom is 0.0547 e. The molecule has 10 aromatic rings. The van der Waals surface area contributed by atoms with Crippen LogP contribution in [0.5, 0.6) is 0 Å². The minimum Gasteiger partial charge on any atom is -0.309 e. The van der Waals surface area contributed by atoms with Gasteiger partial charge < -0.3 is 4.90 Å². The number of hydrogen-bond acceptors (Lipinski definition) is 1. The third kappa shape index (κ3) is 6.74. The Morgan fingerprint density at radius 3 is 1.28 bits per heavy atom. The molecule has 0 fully saturated rings. The lowest BCUT2D eigenvalue weighted by Gasteiger charge is -2.33. The number of hydrogen-bond donors (Lipinski definition) is 0. The molecule has 0 saturated carbocycles. The van der Waals surface area contributed by atoms with Crippen molar-refractivity contribution in [1.29, 1.82) is 0 Å². The first-order valence-corrected chi connectivity index (χ1v) is 22.3. The average molecular weight is 818 g/mol. The second kappa shape index (κ2) is 16.4. The first-order valence-electron chi connectivity index (χ1n) is 22.3. The molecule has 1 heteroatoms. The molecule has 0 spiro atoms. The summed E-state index contributed by atoms with van der Waals surface area (Å²) in [5.41, 5.74) is 22.6. The number of para-hydroxylation sites is 2. The largest absolute Gasteiger partial charge is 0.309 e. The normalized spacial score (nSPS) is 12.3. The van der Waals surface area contributed by atoms with Gasteiger partial charge in [0.15, 0.2) is 0 Å². The molecular formula is C63H47N. The standard InChI is InChI=1S/C63H47N/c1-63(2)57-36-17-14-30-52(57)55-34-20-35-56(62(55)63)53-31-16-19-38-59(53)64(58-37-18-15-29-50(58)48-42-40-45(41-43-48)44-22-6-3-7-23-44)60-39-21-33-51(47-26-10-5-11-27-47)61(60)54-32-13-12-28-49(54)46-24-8-4-9-25-46/h3-43H,1-2H3. The van der Waals surface area contributed by atoms with Crippen molar-refractivity contribution in [2.75, 3.05) is 4.90 Å². The van der Waals surface area contributed by atoms with E-state index in [0.29, 0.717) is 0 Å². The monoisotopic (exact) mass is 817 g/mol. The zero-order valence-corrected chi connectivity index (χ0v) is 36.1. The van der Waals surface area contributed by atoms with Gasteiger partial charge in [-0.2, -0.15) is 0 Å². The highest BCUT2D eigenvalue weighted by atomic mass is 15.2. The predicted molar refractivity (Wildman–Crippen MR) is 271 cm³/mol. The Hall–Kier alpha value is -8.00. The van der Waals surface area contributed by atoms with Crippen LogP contribution >= 0.6 is 0 Å². The number of benzene rings is 10.